The first-order chi connectivity index (χ1) is 15.2. The molecule has 0 saturated carbocycles. The molecule has 0 saturated heterocycles. The Morgan fingerprint density at radius 2 is 1.75 bits per heavy atom. The van der Waals surface area contributed by atoms with Crippen molar-refractivity contribution in [1.82, 2.24) is 9.55 Å². The second-order valence-corrected chi connectivity index (χ2v) is 8.05. The number of carbonyl (C=O) groups excluding carboxylic acids is 1. The van der Waals surface area contributed by atoms with E-state index >= 15 is 0 Å². The van der Waals surface area contributed by atoms with Gasteiger partial charge in [-0.15, -0.1) is 0 Å². The second-order valence-electron chi connectivity index (χ2n) is 6.77. The number of anilines is 1. The quantitative estimate of drug-likeness (QED) is 0.540. The molecule has 1 aliphatic heterocycles. The number of benzene rings is 2. The summed E-state index contributed by atoms with van der Waals surface area (Å²) in [6, 6.07) is 10.7. The van der Waals surface area contributed by atoms with Gasteiger partial charge >= 0.3 is 5.69 Å². The number of aromatic hydroxyl groups is 1. The number of aromatic amines is 1. The van der Waals surface area contributed by atoms with Crippen molar-refractivity contribution in [2.75, 3.05) is 5.01 Å². The monoisotopic (exact) mass is 490 g/mol. The number of hydrazone groups is 1. The van der Waals surface area contributed by atoms with E-state index in [9.17, 15) is 19.5 Å². The lowest BCUT2D eigenvalue weighted by molar-refractivity contribution is -0.114. The van der Waals surface area contributed by atoms with E-state index in [1.165, 1.54) is 24.3 Å². The number of carbonyl (C=O) groups is 1. The molecular formula is C21H13Cl3N4O4. The van der Waals surface area contributed by atoms with Gasteiger partial charge in [-0.2, -0.15) is 10.1 Å². The Balaban J connectivity index is 1.84. The molecule has 3 aromatic rings. The Labute approximate surface area is 195 Å². The molecule has 11 heteroatoms. The maximum absolute atomic E-state index is 13.0. The highest BCUT2D eigenvalue weighted by Crippen LogP contribution is 2.33. The van der Waals surface area contributed by atoms with Crippen LogP contribution in [-0.4, -0.2) is 26.3 Å². The van der Waals surface area contributed by atoms with E-state index in [1.54, 1.807) is 25.1 Å². The summed E-state index contributed by atoms with van der Waals surface area (Å²) < 4.78 is 0.872. The van der Waals surface area contributed by atoms with Gasteiger partial charge in [0.15, 0.2) is 0 Å². The highest BCUT2D eigenvalue weighted by Gasteiger charge is 2.31. The molecule has 0 aliphatic carbocycles. The smallest absolute Gasteiger partial charge is 0.335 e. The number of nitrogens with zero attached hydrogens (tertiary/aromatic N) is 3. The number of aromatic nitrogens is 2. The molecule has 0 fully saturated rings. The molecule has 2 heterocycles. The number of hydrogen-bond donors (Lipinski definition) is 2. The zero-order valence-electron chi connectivity index (χ0n) is 16.3. The van der Waals surface area contributed by atoms with E-state index in [-0.39, 0.29) is 33.2 Å². The van der Waals surface area contributed by atoms with Crippen molar-refractivity contribution in [2.45, 2.75) is 6.92 Å². The molecule has 2 N–H and O–H groups in total. The standard InChI is InChI=1S/C21H13Cl3N4O4/c1-10-14(20(31)28(26-10)17-8-12(23)5-6-16(17)24)9-15-18(29)25-21(32)27(19(15)30)13-4-2-3-11(22)7-13/h2-9,30H,1H3,(H,25,29,32)/b14-9+. The third kappa shape index (κ3) is 3.84. The van der Waals surface area contributed by atoms with Crippen LogP contribution in [0.3, 0.4) is 0 Å². The molecule has 4 rings (SSSR count). The predicted molar refractivity (Wildman–Crippen MR) is 124 cm³/mol. The topological polar surface area (TPSA) is 108 Å². The molecular weight excluding hydrogens is 479 g/mol. The maximum atomic E-state index is 13.0. The van der Waals surface area contributed by atoms with Crippen LogP contribution in [0, 0.1) is 0 Å². The van der Waals surface area contributed by atoms with Crippen molar-refractivity contribution in [3.05, 3.63) is 89.5 Å². The van der Waals surface area contributed by atoms with Crippen molar-refractivity contribution in [3.8, 4) is 11.6 Å². The molecule has 0 spiro atoms. The van der Waals surface area contributed by atoms with E-state index in [2.05, 4.69) is 10.1 Å². The Morgan fingerprint density at radius 1 is 1.03 bits per heavy atom. The van der Waals surface area contributed by atoms with Gasteiger partial charge in [0.1, 0.15) is 5.56 Å². The first kappa shape index (κ1) is 21.9. The van der Waals surface area contributed by atoms with Gasteiger partial charge in [-0.1, -0.05) is 40.9 Å². The molecule has 0 unspecified atom stereocenters. The number of amides is 1. The van der Waals surface area contributed by atoms with Gasteiger partial charge in [0.05, 0.1) is 27.7 Å². The fraction of sp³-hybridized carbons (Fsp3) is 0.0476. The Kier molecular flexibility index (Phi) is 5.68. The Morgan fingerprint density at radius 3 is 2.47 bits per heavy atom. The second kappa shape index (κ2) is 8.31. The fourth-order valence-electron chi connectivity index (χ4n) is 3.16. The number of H-pyrrole nitrogens is 1. The van der Waals surface area contributed by atoms with Crippen LogP contribution in [-0.2, 0) is 4.79 Å². The SMILES string of the molecule is CC1=NN(c2cc(Cl)ccc2Cl)C(=O)/C1=C/c1c(O)n(-c2cccc(Cl)c2)c(=O)[nH]c1=O. The summed E-state index contributed by atoms with van der Waals surface area (Å²) >= 11 is 18.2. The van der Waals surface area contributed by atoms with Crippen LogP contribution >= 0.6 is 34.8 Å². The molecule has 32 heavy (non-hydrogen) atoms. The van der Waals surface area contributed by atoms with Crippen molar-refractivity contribution in [3.63, 3.8) is 0 Å². The van der Waals surface area contributed by atoms with Crippen molar-refractivity contribution in [1.29, 1.82) is 0 Å². The van der Waals surface area contributed by atoms with Gasteiger partial charge in [0, 0.05) is 10.0 Å². The van der Waals surface area contributed by atoms with Crippen molar-refractivity contribution in [2.24, 2.45) is 5.10 Å². The summed E-state index contributed by atoms with van der Waals surface area (Å²) in [6.07, 6.45) is 1.16. The molecule has 1 amide bonds. The first-order valence-corrected chi connectivity index (χ1v) is 10.2. The summed E-state index contributed by atoms with van der Waals surface area (Å²) in [7, 11) is 0. The summed E-state index contributed by atoms with van der Waals surface area (Å²) in [5.74, 6) is -1.25. The van der Waals surface area contributed by atoms with E-state index in [4.69, 9.17) is 34.8 Å². The summed E-state index contributed by atoms with van der Waals surface area (Å²) in [6.45, 7) is 1.56. The largest absolute Gasteiger partial charge is 0.494 e. The molecule has 2 aromatic carbocycles. The van der Waals surface area contributed by atoms with Crippen LogP contribution in [0.15, 0.2) is 62.7 Å². The van der Waals surface area contributed by atoms with Gasteiger partial charge in [-0.05, 0) is 49.4 Å². The third-order valence-corrected chi connectivity index (χ3v) is 5.46. The lowest BCUT2D eigenvalue weighted by atomic mass is 10.1. The minimum Gasteiger partial charge on any atom is -0.494 e. The highest BCUT2D eigenvalue weighted by molar-refractivity contribution is 6.38. The molecule has 0 bridgehead atoms. The number of hydrogen-bond acceptors (Lipinski definition) is 5. The minimum absolute atomic E-state index is 0.0261. The number of halogens is 3. The lowest BCUT2D eigenvalue weighted by Gasteiger charge is -2.14. The lowest BCUT2D eigenvalue weighted by Crippen LogP contribution is -2.30. The zero-order chi connectivity index (χ0) is 23.2. The summed E-state index contributed by atoms with van der Waals surface area (Å²) in [5, 5.41) is 16.9. The van der Waals surface area contributed by atoms with Gasteiger partial charge in [-0.3, -0.25) is 14.6 Å². The molecule has 8 nitrogen and oxygen atoms in total. The number of nitrogens with one attached hydrogen (secondary N) is 1. The summed E-state index contributed by atoms with van der Waals surface area (Å²) in [4.78, 5) is 40.0. The number of rotatable bonds is 3. The fourth-order valence-corrected chi connectivity index (χ4v) is 3.71. The van der Waals surface area contributed by atoms with Crippen LogP contribution in [0.1, 0.15) is 12.5 Å². The van der Waals surface area contributed by atoms with E-state index in [1.807, 2.05) is 0 Å². The highest BCUT2D eigenvalue weighted by atomic mass is 35.5. The first-order valence-electron chi connectivity index (χ1n) is 9.08. The normalized spacial score (nSPS) is 14.9. The molecule has 0 atom stereocenters. The van der Waals surface area contributed by atoms with Crippen LogP contribution in [0.5, 0.6) is 5.88 Å². The van der Waals surface area contributed by atoms with E-state index in [0.29, 0.717) is 10.0 Å². The van der Waals surface area contributed by atoms with Crippen LogP contribution in [0.25, 0.3) is 11.8 Å². The van der Waals surface area contributed by atoms with Crippen molar-refractivity contribution < 1.29 is 9.90 Å². The van der Waals surface area contributed by atoms with Gasteiger partial charge in [0.25, 0.3) is 11.5 Å². The molecule has 162 valence electrons. The van der Waals surface area contributed by atoms with Gasteiger partial charge in [0.2, 0.25) is 5.88 Å². The van der Waals surface area contributed by atoms with Crippen LogP contribution in [0.4, 0.5) is 5.69 Å². The van der Waals surface area contributed by atoms with Crippen LogP contribution in [0.2, 0.25) is 15.1 Å². The average molecular weight is 492 g/mol. The molecule has 1 aromatic heterocycles. The Hall–Kier alpha value is -3.33. The van der Waals surface area contributed by atoms with Gasteiger partial charge in [-0.25, -0.2) is 9.36 Å². The van der Waals surface area contributed by atoms with E-state index < -0.39 is 23.0 Å². The predicted octanol–water partition coefficient (Wildman–Crippen LogP) is 4.00. The summed E-state index contributed by atoms with van der Waals surface area (Å²) in [5.41, 5.74) is -1.27. The molecule has 0 radical (unpaired) electrons. The third-order valence-electron chi connectivity index (χ3n) is 4.67. The van der Waals surface area contributed by atoms with E-state index in [0.717, 1.165) is 15.7 Å². The minimum atomic E-state index is -0.877. The van der Waals surface area contributed by atoms with Crippen LogP contribution < -0.4 is 16.3 Å². The van der Waals surface area contributed by atoms with Gasteiger partial charge < -0.3 is 5.11 Å². The zero-order valence-corrected chi connectivity index (χ0v) is 18.5. The average Bonchev–Trinajstić information content (AvgIpc) is 3.00. The molecule has 1 aliphatic rings. The maximum Gasteiger partial charge on any atom is 0.335 e. The Bertz CT molecular complexity index is 1460. The van der Waals surface area contributed by atoms with Crippen molar-refractivity contribution >= 4 is 58.2 Å².